The van der Waals surface area contributed by atoms with Gasteiger partial charge in [-0.15, -0.1) is 11.6 Å². The van der Waals surface area contributed by atoms with Crippen molar-refractivity contribution in [2.24, 2.45) is 0 Å². The van der Waals surface area contributed by atoms with Crippen LogP contribution in [0.5, 0.6) is 0 Å². The second-order valence-corrected chi connectivity index (χ2v) is 6.60. The lowest BCUT2D eigenvalue weighted by Crippen LogP contribution is -2.03. The van der Waals surface area contributed by atoms with Gasteiger partial charge in [0.25, 0.3) is 0 Å². The molecule has 108 valence electrons. The molecule has 0 aliphatic rings. The predicted molar refractivity (Wildman–Crippen MR) is 90.9 cm³/mol. The molecule has 0 unspecified atom stereocenters. The van der Waals surface area contributed by atoms with E-state index in [1.165, 1.54) is 6.07 Å². The van der Waals surface area contributed by atoms with Crippen LogP contribution in [-0.2, 0) is 6.42 Å². The molecule has 3 aromatic rings. The number of rotatable bonds is 3. The van der Waals surface area contributed by atoms with E-state index < -0.39 is 0 Å². The molecular weight excluding hydrogens is 422 g/mol. The van der Waals surface area contributed by atoms with Gasteiger partial charge in [0.05, 0.1) is 21.2 Å². The minimum absolute atomic E-state index is 0.312. The van der Waals surface area contributed by atoms with Gasteiger partial charge < -0.3 is 0 Å². The number of aryl methyl sites for hydroxylation is 1. The highest BCUT2D eigenvalue weighted by Crippen LogP contribution is 2.30. The van der Waals surface area contributed by atoms with Crippen LogP contribution in [0, 0.1) is 5.82 Å². The van der Waals surface area contributed by atoms with Crippen molar-refractivity contribution < 1.29 is 4.39 Å². The smallest absolute Gasteiger partial charge is 0.139 e. The van der Waals surface area contributed by atoms with Gasteiger partial charge in [-0.25, -0.2) is 9.37 Å². The summed E-state index contributed by atoms with van der Waals surface area (Å²) in [5.74, 6) is 0.953. The largest absolute Gasteiger partial charge is 0.295 e. The molecule has 0 saturated carbocycles. The Morgan fingerprint density at radius 1 is 1.14 bits per heavy atom. The predicted octanol–water partition coefficient (Wildman–Crippen LogP) is 5.47. The van der Waals surface area contributed by atoms with Gasteiger partial charge in [0, 0.05) is 22.8 Å². The molecule has 0 fully saturated rings. The van der Waals surface area contributed by atoms with E-state index in [1.807, 2.05) is 28.8 Å². The second kappa shape index (κ2) is 6.07. The van der Waals surface area contributed by atoms with Gasteiger partial charge in [-0.1, -0.05) is 12.1 Å². The van der Waals surface area contributed by atoms with Crippen molar-refractivity contribution in [3.63, 3.8) is 0 Å². The molecule has 21 heavy (non-hydrogen) atoms. The van der Waals surface area contributed by atoms with Gasteiger partial charge in [-0.3, -0.25) is 4.57 Å². The number of alkyl halides is 1. The van der Waals surface area contributed by atoms with Crippen molar-refractivity contribution in [1.29, 1.82) is 0 Å². The number of benzene rings is 2. The average molecular weight is 433 g/mol. The lowest BCUT2D eigenvalue weighted by molar-refractivity contribution is 0.622. The number of hydrogen-bond acceptors (Lipinski definition) is 1. The Morgan fingerprint density at radius 2 is 1.90 bits per heavy atom. The number of hydrogen-bond donors (Lipinski definition) is 0. The SMILES string of the molecule is Fc1cc2c(cc1Br)nc(CCCl)n2-c1ccccc1Br. The first-order valence-corrected chi connectivity index (χ1v) is 8.41. The third-order valence-corrected chi connectivity index (χ3v) is 4.64. The lowest BCUT2D eigenvalue weighted by Gasteiger charge is -2.10. The molecule has 0 aliphatic heterocycles. The summed E-state index contributed by atoms with van der Waals surface area (Å²) in [6.07, 6.45) is 0.608. The molecule has 2 nitrogen and oxygen atoms in total. The Hall–Kier alpha value is -0.910. The van der Waals surface area contributed by atoms with E-state index in [2.05, 4.69) is 36.8 Å². The van der Waals surface area contributed by atoms with Gasteiger partial charge in [0.2, 0.25) is 0 Å². The number of aromatic nitrogens is 2. The quantitative estimate of drug-likeness (QED) is 0.502. The van der Waals surface area contributed by atoms with Crippen LogP contribution in [0.2, 0.25) is 0 Å². The van der Waals surface area contributed by atoms with Crippen LogP contribution in [0.25, 0.3) is 16.7 Å². The summed E-state index contributed by atoms with van der Waals surface area (Å²) < 4.78 is 17.2. The maximum absolute atomic E-state index is 13.9. The average Bonchev–Trinajstić information content (AvgIpc) is 2.78. The maximum Gasteiger partial charge on any atom is 0.139 e. The molecule has 1 aromatic heterocycles. The molecule has 6 heteroatoms. The summed E-state index contributed by atoms with van der Waals surface area (Å²) in [6.45, 7) is 0. The molecule has 0 amide bonds. The van der Waals surface area contributed by atoms with Crippen molar-refractivity contribution in [3.8, 4) is 5.69 Å². The molecule has 0 saturated heterocycles. The molecule has 0 aliphatic carbocycles. The fourth-order valence-electron chi connectivity index (χ4n) is 2.28. The van der Waals surface area contributed by atoms with Crippen LogP contribution < -0.4 is 0 Å². The zero-order chi connectivity index (χ0) is 15.0. The van der Waals surface area contributed by atoms with Crippen molar-refractivity contribution in [2.45, 2.75) is 6.42 Å². The molecule has 1 heterocycles. The first-order valence-electron chi connectivity index (χ1n) is 6.29. The van der Waals surface area contributed by atoms with Gasteiger partial charge >= 0.3 is 0 Å². The Labute approximate surface area is 143 Å². The molecule has 0 radical (unpaired) electrons. The van der Waals surface area contributed by atoms with Crippen LogP contribution >= 0.6 is 43.5 Å². The van der Waals surface area contributed by atoms with Crippen LogP contribution in [0.15, 0.2) is 45.3 Å². The number of nitrogens with zero attached hydrogens (tertiary/aromatic N) is 2. The number of para-hydroxylation sites is 1. The molecule has 0 atom stereocenters. The van der Waals surface area contributed by atoms with Gasteiger partial charge in [0.15, 0.2) is 0 Å². The monoisotopic (exact) mass is 430 g/mol. The van der Waals surface area contributed by atoms with Gasteiger partial charge in [-0.2, -0.15) is 0 Å². The Bertz CT molecular complexity index is 817. The number of fused-ring (bicyclic) bond motifs is 1. The highest BCUT2D eigenvalue weighted by atomic mass is 79.9. The molecule has 0 bridgehead atoms. The first-order chi connectivity index (χ1) is 10.1. The van der Waals surface area contributed by atoms with Crippen LogP contribution in [0.1, 0.15) is 5.82 Å². The first kappa shape index (κ1) is 15.0. The summed E-state index contributed by atoms with van der Waals surface area (Å²) in [5.41, 5.74) is 2.38. The Balaban J connectivity index is 2.35. The number of imidazole rings is 1. The van der Waals surface area contributed by atoms with E-state index in [0.29, 0.717) is 16.8 Å². The van der Waals surface area contributed by atoms with E-state index in [9.17, 15) is 4.39 Å². The summed E-state index contributed by atoms with van der Waals surface area (Å²) in [7, 11) is 0. The van der Waals surface area contributed by atoms with E-state index in [-0.39, 0.29) is 5.82 Å². The molecule has 2 aromatic carbocycles. The normalized spacial score (nSPS) is 11.2. The van der Waals surface area contributed by atoms with Crippen molar-refractivity contribution >= 4 is 54.5 Å². The van der Waals surface area contributed by atoms with E-state index >= 15 is 0 Å². The number of halogens is 4. The van der Waals surface area contributed by atoms with Crippen LogP contribution in [0.4, 0.5) is 4.39 Å². The second-order valence-electron chi connectivity index (χ2n) is 4.51. The topological polar surface area (TPSA) is 17.8 Å². The van der Waals surface area contributed by atoms with Crippen LogP contribution in [0.3, 0.4) is 0 Å². The standard InChI is InChI=1S/C15H10Br2ClFN2/c16-9-3-1-2-4-13(9)21-14-8-11(19)10(17)7-12(14)20-15(21)5-6-18/h1-4,7-8H,5-6H2. The summed E-state index contributed by atoms with van der Waals surface area (Å²) >= 11 is 12.6. The van der Waals surface area contributed by atoms with Gasteiger partial charge in [-0.05, 0) is 50.1 Å². The van der Waals surface area contributed by atoms with Gasteiger partial charge in [0.1, 0.15) is 11.6 Å². The third kappa shape index (κ3) is 2.74. The minimum Gasteiger partial charge on any atom is -0.295 e. The fraction of sp³-hybridized carbons (Fsp3) is 0.133. The highest BCUT2D eigenvalue weighted by Gasteiger charge is 2.16. The van der Waals surface area contributed by atoms with E-state index in [1.54, 1.807) is 6.07 Å². The van der Waals surface area contributed by atoms with Crippen molar-refractivity contribution in [3.05, 3.63) is 57.0 Å². The molecule has 3 rings (SSSR count). The maximum atomic E-state index is 13.9. The zero-order valence-corrected chi connectivity index (χ0v) is 14.7. The highest BCUT2D eigenvalue weighted by molar-refractivity contribution is 9.10. The minimum atomic E-state index is -0.312. The van der Waals surface area contributed by atoms with Crippen molar-refractivity contribution in [2.75, 3.05) is 5.88 Å². The van der Waals surface area contributed by atoms with E-state index in [0.717, 1.165) is 27.0 Å². The molecule has 0 spiro atoms. The Morgan fingerprint density at radius 3 is 2.62 bits per heavy atom. The summed E-state index contributed by atoms with van der Waals surface area (Å²) in [4.78, 5) is 4.58. The fourth-order valence-corrected chi connectivity index (χ4v) is 3.24. The Kier molecular flexibility index (Phi) is 4.33. The van der Waals surface area contributed by atoms with E-state index in [4.69, 9.17) is 11.6 Å². The molecular formula is C15H10Br2ClFN2. The van der Waals surface area contributed by atoms with Crippen molar-refractivity contribution in [1.82, 2.24) is 9.55 Å². The zero-order valence-electron chi connectivity index (χ0n) is 10.8. The summed E-state index contributed by atoms with van der Waals surface area (Å²) in [5, 5.41) is 0. The van der Waals surface area contributed by atoms with Crippen LogP contribution in [-0.4, -0.2) is 15.4 Å². The lowest BCUT2D eigenvalue weighted by atomic mass is 10.2. The summed E-state index contributed by atoms with van der Waals surface area (Å²) in [6, 6.07) is 11.0. The third-order valence-electron chi connectivity index (χ3n) is 3.18. The molecule has 0 N–H and O–H groups in total.